The van der Waals surface area contributed by atoms with Crippen LogP contribution in [0.15, 0.2) is 60.7 Å². The molecule has 2 aromatic carbocycles. The zero-order valence-electron chi connectivity index (χ0n) is 34.2. The smallest absolute Gasteiger partial charge is 0.411 e. The van der Waals surface area contributed by atoms with Crippen LogP contribution in [-0.4, -0.2) is 115 Å². The monoisotopic (exact) mass is 765 g/mol. The molecule has 0 bridgehead atoms. The lowest BCUT2D eigenvalue weighted by Crippen LogP contribution is -2.68. The summed E-state index contributed by atoms with van der Waals surface area (Å²) in [6.45, 7) is 19.6. The Morgan fingerprint density at radius 1 is 0.870 bits per heavy atom. The zero-order chi connectivity index (χ0) is 40.2. The van der Waals surface area contributed by atoms with Crippen LogP contribution in [0.5, 0.6) is 0 Å². The van der Waals surface area contributed by atoms with Gasteiger partial charge in [0, 0.05) is 20.1 Å². The number of aliphatic hydroxyl groups excluding tert-OH is 1. The molecular formula is C42H63N3O8Si. The molecule has 2 heterocycles. The quantitative estimate of drug-likeness (QED) is 0.237. The van der Waals surface area contributed by atoms with Crippen LogP contribution >= 0.6 is 0 Å². The van der Waals surface area contributed by atoms with Crippen molar-refractivity contribution >= 4 is 42.6 Å². The second-order valence-electron chi connectivity index (χ2n) is 17.5. The Morgan fingerprint density at radius 2 is 1.43 bits per heavy atom. The van der Waals surface area contributed by atoms with Gasteiger partial charge < -0.3 is 28.8 Å². The van der Waals surface area contributed by atoms with E-state index in [1.54, 1.807) is 46.6 Å². The van der Waals surface area contributed by atoms with Gasteiger partial charge in [0.25, 0.3) is 14.2 Å². The van der Waals surface area contributed by atoms with Gasteiger partial charge in [-0.2, -0.15) is 0 Å². The van der Waals surface area contributed by atoms with Crippen molar-refractivity contribution < 1.29 is 38.2 Å². The Kier molecular flexibility index (Phi) is 13.8. The fraction of sp³-hybridized carbons (Fsp3) is 0.619. The lowest BCUT2D eigenvalue weighted by molar-refractivity contribution is -0.168. The molecule has 11 nitrogen and oxygen atoms in total. The van der Waals surface area contributed by atoms with Crippen LogP contribution in [0.25, 0.3) is 0 Å². The van der Waals surface area contributed by atoms with E-state index in [9.17, 15) is 24.3 Å². The molecule has 0 aliphatic carbocycles. The molecule has 54 heavy (non-hydrogen) atoms. The van der Waals surface area contributed by atoms with Crippen molar-refractivity contribution in [3.05, 3.63) is 60.7 Å². The van der Waals surface area contributed by atoms with Gasteiger partial charge in [0.05, 0.1) is 18.8 Å². The minimum atomic E-state index is -2.95. The third-order valence-corrected chi connectivity index (χ3v) is 15.6. The van der Waals surface area contributed by atoms with Gasteiger partial charge >= 0.3 is 12.1 Å². The highest BCUT2D eigenvalue weighted by atomic mass is 28.4. The molecule has 1 N–H and O–H groups in total. The van der Waals surface area contributed by atoms with Crippen molar-refractivity contribution in [2.75, 3.05) is 26.7 Å². The van der Waals surface area contributed by atoms with Crippen LogP contribution in [0.3, 0.4) is 0 Å². The van der Waals surface area contributed by atoms with Gasteiger partial charge in [0.2, 0.25) is 5.91 Å². The summed E-state index contributed by atoms with van der Waals surface area (Å²) in [7, 11) is -1.39. The van der Waals surface area contributed by atoms with Gasteiger partial charge in [0.1, 0.15) is 17.7 Å². The van der Waals surface area contributed by atoms with Crippen molar-refractivity contribution in [2.45, 2.75) is 129 Å². The summed E-state index contributed by atoms with van der Waals surface area (Å²) in [4.78, 5) is 59.7. The molecule has 5 atom stereocenters. The summed E-state index contributed by atoms with van der Waals surface area (Å²) in [6.07, 6.45) is -0.707. The number of benzene rings is 2. The second-order valence-corrected chi connectivity index (χ2v) is 21.8. The Morgan fingerprint density at radius 3 is 1.89 bits per heavy atom. The summed E-state index contributed by atoms with van der Waals surface area (Å²) in [6, 6.07) is 18.3. The normalized spacial score (nSPS) is 20.6. The maximum Gasteiger partial charge on any atom is 0.411 e. The average molecular weight is 766 g/mol. The average Bonchev–Trinajstić information content (AvgIpc) is 3.76. The number of hydrogen-bond acceptors (Lipinski definition) is 8. The highest BCUT2D eigenvalue weighted by Gasteiger charge is 2.53. The molecule has 298 valence electrons. The van der Waals surface area contributed by atoms with Crippen molar-refractivity contribution in [3.63, 3.8) is 0 Å². The van der Waals surface area contributed by atoms with E-state index in [0.717, 1.165) is 10.4 Å². The Balaban J connectivity index is 1.57. The fourth-order valence-electron chi connectivity index (χ4n) is 7.98. The molecule has 3 amide bonds. The van der Waals surface area contributed by atoms with E-state index in [0.29, 0.717) is 25.8 Å². The maximum absolute atomic E-state index is 14.6. The molecule has 2 aliphatic heterocycles. The lowest BCUT2D eigenvalue weighted by atomic mass is 9.98. The molecule has 2 saturated heterocycles. The number of ether oxygens (including phenoxy) is 2. The van der Waals surface area contributed by atoms with E-state index in [1.165, 1.54) is 9.80 Å². The van der Waals surface area contributed by atoms with Crippen molar-refractivity contribution in [1.82, 2.24) is 14.7 Å². The Hall–Kier alpha value is -3.74. The predicted octanol–water partition coefficient (Wildman–Crippen LogP) is 4.98. The van der Waals surface area contributed by atoms with Crippen LogP contribution in [0, 0.1) is 11.8 Å². The zero-order valence-corrected chi connectivity index (χ0v) is 35.2. The number of likely N-dealkylation sites (N-methyl/N-ethyl adjacent to an activating group) is 1. The van der Waals surface area contributed by atoms with Gasteiger partial charge in [-0.05, 0) is 67.3 Å². The van der Waals surface area contributed by atoms with E-state index >= 15 is 0 Å². The van der Waals surface area contributed by atoms with Gasteiger partial charge in [-0.15, -0.1) is 0 Å². The minimum absolute atomic E-state index is 0.253. The van der Waals surface area contributed by atoms with Crippen LogP contribution in [0.1, 0.15) is 88.5 Å². The third kappa shape index (κ3) is 9.37. The number of likely N-dealkylation sites (tertiary alicyclic amines) is 2. The van der Waals surface area contributed by atoms with Gasteiger partial charge in [-0.3, -0.25) is 14.5 Å². The minimum Gasteiger partial charge on any atom is -0.450 e. The molecule has 12 heteroatoms. The molecule has 0 saturated carbocycles. The SMILES string of the molecule is CC(C)[C@H](OC(=O)[C@@H]1CCCN1C(=O)OC(C)(C)C)C(=O)N(C)[C@@H](C(=O)N1C[C@H](O[Si](c2ccccc2)(c2ccccc2)C(C)(C)C)C[C@H]1CO)C(C)C. The van der Waals surface area contributed by atoms with E-state index in [-0.39, 0.29) is 36.1 Å². The molecule has 2 aliphatic rings. The van der Waals surface area contributed by atoms with Gasteiger partial charge in [0.15, 0.2) is 6.10 Å². The topological polar surface area (TPSA) is 126 Å². The third-order valence-electron chi connectivity index (χ3n) is 10.5. The standard InChI is InChI=1S/C42H63N3O8Si/c1-28(2)35(43(11)38(48)36(29(3)4)51-39(49)34-23-18-24-44(34)40(50)52-41(5,6)7)37(47)45-26-31(25-30(45)27-46)53-54(42(8,9)10,32-19-14-12-15-20-32)33-21-16-13-17-22-33/h12-17,19-22,28-31,34-36,46H,18,23-27H2,1-11H3/t30-,31+,34-,35+,36-/m0/s1. The first-order valence-electron chi connectivity index (χ1n) is 19.4. The predicted molar refractivity (Wildman–Crippen MR) is 212 cm³/mol. The van der Waals surface area contributed by atoms with Crippen LogP contribution in [0.4, 0.5) is 4.79 Å². The summed E-state index contributed by atoms with van der Waals surface area (Å²) in [5.41, 5.74) is -0.733. The number of aliphatic hydroxyl groups is 1. The largest absolute Gasteiger partial charge is 0.450 e. The van der Waals surface area contributed by atoms with Crippen molar-refractivity contribution in [2.24, 2.45) is 11.8 Å². The first-order valence-corrected chi connectivity index (χ1v) is 21.3. The summed E-state index contributed by atoms with van der Waals surface area (Å²) < 4.78 is 18.8. The molecule has 0 aromatic heterocycles. The van der Waals surface area contributed by atoms with E-state index in [4.69, 9.17) is 13.9 Å². The van der Waals surface area contributed by atoms with Crippen LogP contribution in [-0.2, 0) is 28.3 Å². The lowest BCUT2D eigenvalue weighted by Gasteiger charge is -2.44. The van der Waals surface area contributed by atoms with Gasteiger partial charge in [-0.25, -0.2) is 9.59 Å². The molecule has 0 spiro atoms. The fourth-order valence-corrected chi connectivity index (χ4v) is 12.7. The molecule has 2 aromatic rings. The van der Waals surface area contributed by atoms with Gasteiger partial charge in [-0.1, -0.05) is 109 Å². The van der Waals surface area contributed by atoms with Crippen LogP contribution in [0.2, 0.25) is 5.04 Å². The van der Waals surface area contributed by atoms with E-state index < -0.39 is 62.0 Å². The number of hydrogen-bond donors (Lipinski definition) is 1. The van der Waals surface area contributed by atoms with Crippen molar-refractivity contribution in [1.29, 1.82) is 0 Å². The maximum atomic E-state index is 14.6. The molecule has 4 rings (SSSR count). The van der Waals surface area contributed by atoms with E-state index in [2.05, 4.69) is 45.0 Å². The molecular weight excluding hydrogens is 703 g/mol. The molecule has 0 radical (unpaired) electrons. The molecule has 2 fully saturated rings. The highest BCUT2D eigenvalue weighted by Crippen LogP contribution is 2.39. The number of amides is 3. The van der Waals surface area contributed by atoms with Crippen LogP contribution < -0.4 is 10.4 Å². The number of carbonyl (C=O) groups is 4. The Bertz CT molecular complexity index is 1550. The first kappa shape index (κ1) is 43.0. The Labute approximate surface area is 323 Å². The van der Waals surface area contributed by atoms with Crippen molar-refractivity contribution in [3.8, 4) is 0 Å². The second kappa shape index (κ2) is 17.4. The number of carbonyl (C=O) groups excluding carboxylic acids is 4. The first-order chi connectivity index (χ1) is 25.2. The molecule has 0 unspecified atom stereocenters. The number of rotatable bonds is 12. The highest BCUT2D eigenvalue weighted by molar-refractivity contribution is 6.99. The summed E-state index contributed by atoms with van der Waals surface area (Å²) >= 11 is 0. The number of esters is 1. The summed E-state index contributed by atoms with van der Waals surface area (Å²) in [5.74, 6) is -2.19. The summed E-state index contributed by atoms with van der Waals surface area (Å²) in [5, 5.41) is 12.6. The van der Waals surface area contributed by atoms with E-state index in [1.807, 2.05) is 50.2 Å². The number of nitrogens with zero attached hydrogens (tertiary/aromatic N) is 3.